The normalized spacial score (nSPS) is 10.9. The maximum absolute atomic E-state index is 12.3. The number of hydrogen-bond donors (Lipinski definition) is 0. The zero-order chi connectivity index (χ0) is 15.4. The molecule has 114 valence electrons. The zero-order valence-corrected chi connectivity index (χ0v) is 12.9. The fourth-order valence-corrected chi connectivity index (χ4v) is 2.08. The second-order valence-electron chi connectivity index (χ2n) is 4.91. The third kappa shape index (κ3) is 3.49. The van der Waals surface area contributed by atoms with Crippen molar-refractivity contribution >= 4 is 5.91 Å². The van der Waals surface area contributed by atoms with E-state index in [1.165, 1.54) is 0 Å². The SMILES string of the molecule is CCn1cc(CN(C)C(=O)c2ccn(COC)n2)c(C)n1. The van der Waals surface area contributed by atoms with Crippen molar-refractivity contribution in [3.63, 3.8) is 0 Å². The predicted molar refractivity (Wildman–Crippen MR) is 77.7 cm³/mol. The average Bonchev–Trinajstić information content (AvgIpc) is 3.06. The molecular weight excluding hydrogens is 270 g/mol. The molecule has 0 radical (unpaired) electrons. The van der Waals surface area contributed by atoms with E-state index in [0.717, 1.165) is 17.8 Å². The van der Waals surface area contributed by atoms with Gasteiger partial charge < -0.3 is 9.64 Å². The van der Waals surface area contributed by atoms with Crippen molar-refractivity contribution in [3.8, 4) is 0 Å². The monoisotopic (exact) mass is 291 g/mol. The van der Waals surface area contributed by atoms with Gasteiger partial charge in [-0.1, -0.05) is 0 Å². The van der Waals surface area contributed by atoms with E-state index in [-0.39, 0.29) is 5.91 Å². The molecule has 0 saturated carbocycles. The third-order valence-corrected chi connectivity index (χ3v) is 3.25. The lowest BCUT2D eigenvalue weighted by molar-refractivity contribution is 0.0773. The van der Waals surface area contributed by atoms with E-state index in [1.807, 2.05) is 24.7 Å². The second kappa shape index (κ2) is 6.53. The second-order valence-corrected chi connectivity index (χ2v) is 4.91. The summed E-state index contributed by atoms with van der Waals surface area (Å²) in [5.74, 6) is -0.117. The first kappa shape index (κ1) is 15.2. The van der Waals surface area contributed by atoms with Crippen molar-refractivity contribution in [2.75, 3.05) is 14.2 Å². The van der Waals surface area contributed by atoms with Gasteiger partial charge in [0.15, 0.2) is 0 Å². The number of aryl methyl sites for hydroxylation is 2. The summed E-state index contributed by atoms with van der Waals surface area (Å²) in [7, 11) is 3.35. The van der Waals surface area contributed by atoms with Crippen LogP contribution in [0.3, 0.4) is 0 Å². The Morgan fingerprint density at radius 1 is 1.38 bits per heavy atom. The smallest absolute Gasteiger partial charge is 0.274 e. The molecule has 0 aliphatic carbocycles. The molecule has 2 aromatic rings. The Morgan fingerprint density at radius 3 is 2.76 bits per heavy atom. The van der Waals surface area contributed by atoms with Crippen molar-refractivity contribution in [3.05, 3.63) is 35.4 Å². The summed E-state index contributed by atoms with van der Waals surface area (Å²) in [4.78, 5) is 14.0. The molecule has 21 heavy (non-hydrogen) atoms. The van der Waals surface area contributed by atoms with E-state index in [4.69, 9.17) is 4.74 Å². The molecule has 0 aromatic carbocycles. The lowest BCUT2D eigenvalue weighted by Crippen LogP contribution is -2.27. The number of methoxy groups -OCH3 is 1. The largest absolute Gasteiger partial charge is 0.362 e. The van der Waals surface area contributed by atoms with Crippen LogP contribution in [0, 0.1) is 6.92 Å². The van der Waals surface area contributed by atoms with Gasteiger partial charge >= 0.3 is 0 Å². The van der Waals surface area contributed by atoms with E-state index >= 15 is 0 Å². The topological polar surface area (TPSA) is 65.2 Å². The summed E-state index contributed by atoms with van der Waals surface area (Å²) in [5, 5.41) is 8.57. The van der Waals surface area contributed by atoms with Crippen LogP contribution in [-0.2, 0) is 24.6 Å². The van der Waals surface area contributed by atoms with Crippen LogP contribution in [0.15, 0.2) is 18.5 Å². The molecule has 7 nitrogen and oxygen atoms in total. The average molecular weight is 291 g/mol. The van der Waals surface area contributed by atoms with Gasteiger partial charge in [0.1, 0.15) is 12.4 Å². The Kier molecular flexibility index (Phi) is 4.74. The van der Waals surface area contributed by atoms with Crippen LogP contribution in [-0.4, -0.2) is 44.5 Å². The molecule has 2 heterocycles. The Bertz CT molecular complexity index is 617. The van der Waals surface area contributed by atoms with Crippen molar-refractivity contribution < 1.29 is 9.53 Å². The van der Waals surface area contributed by atoms with E-state index in [0.29, 0.717) is 19.0 Å². The van der Waals surface area contributed by atoms with Crippen molar-refractivity contribution in [2.24, 2.45) is 0 Å². The van der Waals surface area contributed by atoms with Crippen molar-refractivity contribution in [1.82, 2.24) is 24.5 Å². The quantitative estimate of drug-likeness (QED) is 0.804. The van der Waals surface area contributed by atoms with Gasteiger partial charge in [-0.15, -0.1) is 0 Å². The minimum Gasteiger partial charge on any atom is -0.362 e. The molecule has 7 heteroatoms. The molecule has 0 aliphatic heterocycles. The molecule has 1 amide bonds. The number of nitrogens with zero attached hydrogens (tertiary/aromatic N) is 5. The number of carbonyl (C=O) groups excluding carboxylic acids is 1. The lowest BCUT2D eigenvalue weighted by Gasteiger charge is -2.15. The standard InChI is InChI=1S/C14H21N5O2/c1-5-18-9-12(11(2)15-18)8-17(3)14(20)13-6-7-19(16-13)10-21-4/h6-7,9H,5,8,10H2,1-4H3. The van der Waals surface area contributed by atoms with Crippen LogP contribution in [0.4, 0.5) is 0 Å². The number of amides is 1. The summed E-state index contributed by atoms with van der Waals surface area (Å²) in [6.07, 6.45) is 3.70. The third-order valence-electron chi connectivity index (χ3n) is 3.25. The number of rotatable bonds is 6. The Labute approximate surface area is 124 Å². The van der Waals surface area contributed by atoms with Crippen LogP contribution >= 0.6 is 0 Å². The van der Waals surface area contributed by atoms with Crippen LogP contribution in [0.2, 0.25) is 0 Å². The van der Waals surface area contributed by atoms with E-state index in [2.05, 4.69) is 10.2 Å². The maximum Gasteiger partial charge on any atom is 0.274 e. The fraction of sp³-hybridized carbons (Fsp3) is 0.500. The Hall–Kier alpha value is -2.15. The van der Waals surface area contributed by atoms with Gasteiger partial charge in [0.05, 0.1) is 5.69 Å². The summed E-state index contributed by atoms with van der Waals surface area (Å²) in [6, 6.07) is 1.69. The highest BCUT2D eigenvalue weighted by Gasteiger charge is 2.16. The molecule has 0 spiro atoms. The number of aromatic nitrogens is 4. The van der Waals surface area contributed by atoms with E-state index < -0.39 is 0 Å². The van der Waals surface area contributed by atoms with Gasteiger partial charge in [-0.3, -0.25) is 9.48 Å². The summed E-state index contributed by atoms with van der Waals surface area (Å²) < 4.78 is 8.43. The van der Waals surface area contributed by atoms with Crippen LogP contribution < -0.4 is 0 Å². The minimum absolute atomic E-state index is 0.117. The van der Waals surface area contributed by atoms with Crippen LogP contribution in [0.5, 0.6) is 0 Å². The van der Waals surface area contributed by atoms with Crippen molar-refractivity contribution in [2.45, 2.75) is 33.7 Å². The lowest BCUT2D eigenvalue weighted by atomic mass is 10.2. The number of hydrogen-bond acceptors (Lipinski definition) is 4. The molecule has 0 saturated heterocycles. The Morgan fingerprint density at radius 2 is 2.14 bits per heavy atom. The number of ether oxygens (including phenoxy) is 1. The highest BCUT2D eigenvalue weighted by molar-refractivity contribution is 5.91. The minimum atomic E-state index is -0.117. The highest BCUT2D eigenvalue weighted by atomic mass is 16.5. The fourth-order valence-electron chi connectivity index (χ4n) is 2.08. The van der Waals surface area contributed by atoms with Gasteiger partial charge in [-0.2, -0.15) is 10.2 Å². The van der Waals surface area contributed by atoms with Gasteiger partial charge in [0, 0.05) is 45.2 Å². The van der Waals surface area contributed by atoms with E-state index in [9.17, 15) is 4.79 Å². The van der Waals surface area contributed by atoms with Gasteiger partial charge in [0.25, 0.3) is 5.91 Å². The molecule has 0 N–H and O–H groups in total. The summed E-state index contributed by atoms with van der Waals surface area (Å²) in [6.45, 7) is 5.65. The molecule has 0 atom stereocenters. The van der Waals surface area contributed by atoms with Crippen LogP contribution in [0.25, 0.3) is 0 Å². The molecule has 0 bridgehead atoms. The first-order chi connectivity index (χ1) is 10.0. The van der Waals surface area contributed by atoms with Gasteiger partial charge in [-0.05, 0) is 19.9 Å². The Balaban J connectivity index is 2.05. The maximum atomic E-state index is 12.3. The predicted octanol–water partition coefficient (Wildman–Crippen LogP) is 1.28. The van der Waals surface area contributed by atoms with Crippen LogP contribution in [0.1, 0.15) is 28.7 Å². The molecule has 0 unspecified atom stereocenters. The van der Waals surface area contributed by atoms with E-state index in [1.54, 1.807) is 36.0 Å². The van der Waals surface area contributed by atoms with Gasteiger partial charge in [-0.25, -0.2) is 4.68 Å². The molecule has 2 aromatic heterocycles. The first-order valence-corrected chi connectivity index (χ1v) is 6.86. The molecule has 0 fully saturated rings. The summed E-state index contributed by atoms with van der Waals surface area (Å²) in [5.41, 5.74) is 2.40. The highest BCUT2D eigenvalue weighted by Crippen LogP contribution is 2.10. The number of carbonyl (C=O) groups is 1. The first-order valence-electron chi connectivity index (χ1n) is 6.86. The zero-order valence-electron chi connectivity index (χ0n) is 12.9. The van der Waals surface area contributed by atoms with Crippen molar-refractivity contribution in [1.29, 1.82) is 0 Å². The van der Waals surface area contributed by atoms with Gasteiger partial charge in [0.2, 0.25) is 0 Å². The molecule has 2 rings (SSSR count). The molecular formula is C14H21N5O2. The summed E-state index contributed by atoms with van der Waals surface area (Å²) >= 11 is 0. The molecule has 0 aliphatic rings.